The zero-order valence-corrected chi connectivity index (χ0v) is 16.1. The van der Waals surface area contributed by atoms with Gasteiger partial charge >= 0.3 is 5.97 Å². The van der Waals surface area contributed by atoms with Crippen LogP contribution in [0.5, 0.6) is 0 Å². The number of esters is 1. The highest BCUT2D eigenvalue weighted by atomic mass is 19.1. The van der Waals surface area contributed by atoms with Gasteiger partial charge in [-0.3, -0.25) is 9.48 Å². The summed E-state index contributed by atoms with van der Waals surface area (Å²) in [5.41, 5.74) is 1.58. The van der Waals surface area contributed by atoms with Crippen LogP contribution >= 0.6 is 0 Å². The molecule has 1 aromatic heterocycles. The summed E-state index contributed by atoms with van der Waals surface area (Å²) in [6, 6.07) is 12.5. The number of hydrogen-bond acceptors (Lipinski definition) is 4. The average molecular weight is 411 g/mol. The fraction of sp³-hybridized carbons (Fsp3) is 0.136. The van der Waals surface area contributed by atoms with E-state index in [2.05, 4.69) is 10.4 Å². The number of carbonyl (C=O) groups excluding carboxylic acids is 2. The minimum absolute atomic E-state index is 0.203. The van der Waals surface area contributed by atoms with E-state index in [-0.39, 0.29) is 5.69 Å². The molecule has 3 rings (SSSR count). The molecule has 0 aliphatic rings. The molecule has 1 amide bonds. The molecule has 8 heteroatoms. The SMILES string of the molecule is C[C@H](OC(=O)/C=C/c1cnn(Cc2ccccc2)c1)C(=O)Nc1ccc(F)cc1F. The van der Waals surface area contributed by atoms with Crippen LogP contribution in [0.3, 0.4) is 0 Å². The zero-order valence-electron chi connectivity index (χ0n) is 16.1. The fourth-order valence-corrected chi connectivity index (χ4v) is 2.58. The van der Waals surface area contributed by atoms with Gasteiger partial charge < -0.3 is 10.1 Å². The van der Waals surface area contributed by atoms with Crippen molar-refractivity contribution in [3.05, 3.63) is 89.8 Å². The van der Waals surface area contributed by atoms with Crippen LogP contribution in [0.25, 0.3) is 6.08 Å². The maximum atomic E-state index is 13.6. The smallest absolute Gasteiger partial charge is 0.331 e. The van der Waals surface area contributed by atoms with E-state index in [1.54, 1.807) is 17.1 Å². The summed E-state index contributed by atoms with van der Waals surface area (Å²) in [7, 11) is 0. The first-order chi connectivity index (χ1) is 14.4. The van der Waals surface area contributed by atoms with Crippen molar-refractivity contribution in [2.75, 3.05) is 5.32 Å². The molecule has 1 atom stereocenters. The first-order valence-electron chi connectivity index (χ1n) is 9.11. The van der Waals surface area contributed by atoms with E-state index in [1.807, 2.05) is 30.3 Å². The third-order valence-corrected chi connectivity index (χ3v) is 4.10. The lowest BCUT2D eigenvalue weighted by atomic mass is 10.2. The normalized spacial score (nSPS) is 12.0. The zero-order chi connectivity index (χ0) is 21.5. The van der Waals surface area contributed by atoms with Crippen LogP contribution < -0.4 is 5.32 Å². The molecule has 1 heterocycles. The number of aromatic nitrogens is 2. The Labute approximate surface area is 171 Å². The van der Waals surface area contributed by atoms with Crippen LogP contribution in [-0.2, 0) is 20.9 Å². The van der Waals surface area contributed by atoms with Crippen molar-refractivity contribution in [2.24, 2.45) is 0 Å². The second kappa shape index (κ2) is 9.60. The highest BCUT2D eigenvalue weighted by molar-refractivity contribution is 5.96. The molecule has 0 bridgehead atoms. The highest BCUT2D eigenvalue weighted by Gasteiger charge is 2.18. The van der Waals surface area contributed by atoms with Crippen LogP contribution in [0.4, 0.5) is 14.5 Å². The Kier molecular flexibility index (Phi) is 6.69. The van der Waals surface area contributed by atoms with Gasteiger partial charge in [0.2, 0.25) is 0 Å². The van der Waals surface area contributed by atoms with E-state index in [0.717, 1.165) is 17.7 Å². The summed E-state index contributed by atoms with van der Waals surface area (Å²) in [5, 5.41) is 6.47. The second-order valence-corrected chi connectivity index (χ2v) is 6.48. The number of carbonyl (C=O) groups is 2. The van der Waals surface area contributed by atoms with E-state index in [0.29, 0.717) is 18.2 Å². The largest absolute Gasteiger partial charge is 0.449 e. The summed E-state index contributed by atoms with van der Waals surface area (Å²) in [4.78, 5) is 24.0. The van der Waals surface area contributed by atoms with Crippen molar-refractivity contribution < 1.29 is 23.1 Å². The van der Waals surface area contributed by atoms with Gasteiger partial charge in [0.1, 0.15) is 11.6 Å². The number of anilines is 1. The standard InChI is InChI=1S/C22H19F2N3O3/c1-15(22(29)26-20-9-8-18(23)11-19(20)24)30-21(28)10-7-17-12-25-27(14-17)13-16-5-3-2-4-6-16/h2-12,14-15H,13H2,1H3,(H,26,29)/b10-7+/t15-/m0/s1. The molecule has 30 heavy (non-hydrogen) atoms. The Bertz CT molecular complexity index is 1060. The summed E-state index contributed by atoms with van der Waals surface area (Å²) >= 11 is 0. The minimum atomic E-state index is -1.17. The lowest BCUT2D eigenvalue weighted by molar-refractivity contribution is -0.148. The lowest BCUT2D eigenvalue weighted by Crippen LogP contribution is -2.29. The number of nitrogens with zero attached hydrogens (tertiary/aromatic N) is 2. The van der Waals surface area contributed by atoms with Gasteiger partial charge in [-0.05, 0) is 30.7 Å². The van der Waals surface area contributed by atoms with Crippen LogP contribution in [0.15, 0.2) is 67.0 Å². The molecule has 0 spiro atoms. The third kappa shape index (κ3) is 5.84. The van der Waals surface area contributed by atoms with Gasteiger partial charge in [0, 0.05) is 23.9 Å². The molecule has 3 aromatic rings. The number of hydrogen-bond donors (Lipinski definition) is 1. The topological polar surface area (TPSA) is 73.2 Å². The van der Waals surface area contributed by atoms with Crippen molar-refractivity contribution in [1.29, 1.82) is 0 Å². The van der Waals surface area contributed by atoms with Gasteiger partial charge in [0.25, 0.3) is 5.91 Å². The maximum absolute atomic E-state index is 13.6. The van der Waals surface area contributed by atoms with Gasteiger partial charge in [0.15, 0.2) is 6.10 Å². The van der Waals surface area contributed by atoms with Gasteiger partial charge in [-0.15, -0.1) is 0 Å². The van der Waals surface area contributed by atoms with E-state index < -0.39 is 29.6 Å². The molecule has 0 unspecified atom stereocenters. The molecule has 0 fully saturated rings. The Morgan fingerprint density at radius 1 is 1.20 bits per heavy atom. The predicted molar refractivity (Wildman–Crippen MR) is 107 cm³/mol. The molecule has 0 radical (unpaired) electrons. The van der Waals surface area contributed by atoms with E-state index >= 15 is 0 Å². The summed E-state index contributed by atoms with van der Waals surface area (Å²) in [6.45, 7) is 1.94. The Morgan fingerprint density at radius 2 is 1.97 bits per heavy atom. The lowest BCUT2D eigenvalue weighted by Gasteiger charge is -2.12. The molecule has 0 saturated carbocycles. The van der Waals surface area contributed by atoms with Crippen LogP contribution in [-0.4, -0.2) is 27.8 Å². The van der Waals surface area contributed by atoms with Crippen molar-refractivity contribution >= 4 is 23.6 Å². The first-order valence-corrected chi connectivity index (χ1v) is 9.11. The van der Waals surface area contributed by atoms with Gasteiger partial charge in [0.05, 0.1) is 18.4 Å². The molecular weight excluding hydrogens is 392 g/mol. The van der Waals surface area contributed by atoms with Crippen LogP contribution in [0, 0.1) is 11.6 Å². The van der Waals surface area contributed by atoms with E-state index in [9.17, 15) is 18.4 Å². The number of ether oxygens (including phenoxy) is 1. The summed E-state index contributed by atoms with van der Waals surface area (Å²) < 4.78 is 33.3. The van der Waals surface area contributed by atoms with Gasteiger partial charge in [-0.1, -0.05) is 30.3 Å². The van der Waals surface area contributed by atoms with E-state index in [4.69, 9.17) is 4.74 Å². The average Bonchev–Trinajstić information content (AvgIpc) is 3.16. The number of rotatable bonds is 7. The Balaban J connectivity index is 1.52. The first kappa shape index (κ1) is 20.9. The molecule has 0 saturated heterocycles. The predicted octanol–water partition coefficient (Wildman–Crippen LogP) is 3.79. The van der Waals surface area contributed by atoms with Crippen LogP contribution in [0.1, 0.15) is 18.1 Å². The molecule has 0 aliphatic carbocycles. The number of halogens is 2. The number of benzene rings is 2. The number of amides is 1. The summed E-state index contributed by atoms with van der Waals surface area (Å²) in [5.74, 6) is -3.16. The Morgan fingerprint density at radius 3 is 2.70 bits per heavy atom. The Hall–Kier alpha value is -3.81. The van der Waals surface area contributed by atoms with Crippen molar-refractivity contribution in [1.82, 2.24) is 9.78 Å². The molecule has 6 nitrogen and oxygen atoms in total. The van der Waals surface area contributed by atoms with Crippen molar-refractivity contribution in [3.8, 4) is 0 Å². The van der Waals surface area contributed by atoms with Crippen LogP contribution in [0.2, 0.25) is 0 Å². The molecule has 1 N–H and O–H groups in total. The van der Waals surface area contributed by atoms with Crippen molar-refractivity contribution in [2.45, 2.75) is 19.6 Å². The third-order valence-electron chi connectivity index (χ3n) is 4.10. The van der Waals surface area contributed by atoms with E-state index in [1.165, 1.54) is 19.1 Å². The minimum Gasteiger partial charge on any atom is -0.449 e. The fourth-order valence-electron chi connectivity index (χ4n) is 2.58. The number of nitrogens with one attached hydrogen (secondary N) is 1. The summed E-state index contributed by atoms with van der Waals surface area (Å²) in [6.07, 6.45) is 4.88. The molecule has 0 aliphatic heterocycles. The quantitative estimate of drug-likeness (QED) is 0.474. The molecular formula is C22H19F2N3O3. The van der Waals surface area contributed by atoms with Gasteiger partial charge in [-0.2, -0.15) is 5.10 Å². The maximum Gasteiger partial charge on any atom is 0.331 e. The van der Waals surface area contributed by atoms with Crippen molar-refractivity contribution in [3.63, 3.8) is 0 Å². The molecule has 154 valence electrons. The monoisotopic (exact) mass is 411 g/mol. The second-order valence-electron chi connectivity index (χ2n) is 6.48. The van der Waals surface area contributed by atoms with Gasteiger partial charge in [-0.25, -0.2) is 13.6 Å². The highest BCUT2D eigenvalue weighted by Crippen LogP contribution is 2.15. The molecule has 2 aromatic carbocycles.